The second kappa shape index (κ2) is 5.08. The third-order valence-corrected chi connectivity index (χ3v) is 4.43. The monoisotopic (exact) mass is 253 g/mol. The summed E-state index contributed by atoms with van der Waals surface area (Å²) >= 11 is 0. The molecule has 2 rings (SSSR count). The number of carbonyl (C=O) groups is 1. The van der Waals surface area contributed by atoms with Gasteiger partial charge >= 0.3 is 6.03 Å². The molecule has 4 nitrogen and oxygen atoms in total. The number of piperazine rings is 1. The molecule has 2 fully saturated rings. The van der Waals surface area contributed by atoms with Crippen molar-refractivity contribution in [3.8, 4) is 0 Å². The summed E-state index contributed by atoms with van der Waals surface area (Å²) in [6.07, 6.45) is 3.98. The van der Waals surface area contributed by atoms with Crippen LogP contribution in [-0.4, -0.2) is 67.0 Å². The van der Waals surface area contributed by atoms with Crippen LogP contribution in [0.25, 0.3) is 0 Å². The molecule has 1 aliphatic carbocycles. The van der Waals surface area contributed by atoms with Gasteiger partial charge in [0.2, 0.25) is 0 Å². The van der Waals surface area contributed by atoms with E-state index in [-0.39, 0.29) is 6.03 Å². The summed E-state index contributed by atoms with van der Waals surface area (Å²) in [5.41, 5.74) is 0.515. The van der Waals surface area contributed by atoms with E-state index in [1.165, 1.54) is 19.3 Å². The molecule has 0 aromatic carbocycles. The van der Waals surface area contributed by atoms with E-state index in [4.69, 9.17) is 0 Å². The number of hydrogen-bond acceptors (Lipinski definition) is 2. The van der Waals surface area contributed by atoms with Crippen molar-refractivity contribution >= 4 is 6.03 Å². The molecule has 0 bridgehead atoms. The van der Waals surface area contributed by atoms with Crippen molar-refractivity contribution in [2.45, 2.75) is 39.2 Å². The fourth-order valence-electron chi connectivity index (χ4n) is 3.27. The van der Waals surface area contributed by atoms with E-state index in [0.29, 0.717) is 5.41 Å². The molecule has 1 heterocycles. The van der Waals surface area contributed by atoms with Crippen LogP contribution in [0.2, 0.25) is 0 Å². The van der Waals surface area contributed by atoms with Crippen LogP contribution in [-0.2, 0) is 0 Å². The summed E-state index contributed by atoms with van der Waals surface area (Å²) < 4.78 is 0. The molecule has 1 aliphatic heterocycles. The van der Waals surface area contributed by atoms with Crippen LogP contribution in [0.1, 0.15) is 33.1 Å². The van der Waals surface area contributed by atoms with Gasteiger partial charge in [-0.15, -0.1) is 0 Å². The molecular formula is C14H27N3O. The first-order valence-corrected chi connectivity index (χ1v) is 7.09. The second-order valence-corrected chi connectivity index (χ2v) is 6.76. The lowest BCUT2D eigenvalue weighted by atomic mass is 9.91. The van der Waals surface area contributed by atoms with Gasteiger partial charge in [-0.2, -0.15) is 0 Å². The molecule has 2 amide bonds. The van der Waals surface area contributed by atoms with Gasteiger partial charge < -0.3 is 9.80 Å². The molecule has 18 heavy (non-hydrogen) atoms. The van der Waals surface area contributed by atoms with Crippen LogP contribution in [0, 0.1) is 5.41 Å². The van der Waals surface area contributed by atoms with Crippen LogP contribution in [0.15, 0.2) is 0 Å². The first kappa shape index (κ1) is 13.7. The smallest absolute Gasteiger partial charge is 0.319 e. The zero-order valence-corrected chi connectivity index (χ0v) is 12.3. The molecule has 1 atom stereocenters. The van der Waals surface area contributed by atoms with Crippen LogP contribution in [0.3, 0.4) is 0 Å². The molecule has 0 spiro atoms. The highest BCUT2D eigenvalue weighted by Gasteiger charge is 2.35. The number of carbonyl (C=O) groups excluding carboxylic acids is 1. The minimum Gasteiger partial charge on any atom is -0.331 e. The average molecular weight is 253 g/mol. The van der Waals surface area contributed by atoms with Crippen molar-refractivity contribution in [1.29, 1.82) is 0 Å². The fraction of sp³-hybridized carbons (Fsp3) is 0.929. The zero-order chi connectivity index (χ0) is 13.3. The number of hydrogen-bond donors (Lipinski definition) is 0. The molecule has 0 N–H and O–H groups in total. The highest BCUT2D eigenvalue weighted by Crippen LogP contribution is 2.39. The van der Waals surface area contributed by atoms with E-state index in [0.717, 1.165) is 32.2 Å². The Hall–Kier alpha value is -0.770. The molecule has 2 aliphatic rings. The summed E-state index contributed by atoms with van der Waals surface area (Å²) in [5.74, 6) is 0. The van der Waals surface area contributed by atoms with Crippen molar-refractivity contribution in [1.82, 2.24) is 14.7 Å². The maximum absolute atomic E-state index is 11.9. The summed E-state index contributed by atoms with van der Waals surface area (Å²) in [6, 6.07) is 0.901. The van der Waals surface area contributed by atoms with Crippen molar-refractivity contribution in [2.24, 2.45) is 5.41 Å². The van der Waals surface area contributed by atoms with E-state index in [9.17, 15) is 4.79 Å². The van der Waals surface area contributed by atoms with Crippen molar-refractivity contribution < 1.29 is 4.79 Å². The topological polar surface area (TPSA) is 26.8 Å². The van der Waals surface area contributed by atoms with Gasteiger partial charge in [-0.25, -0.2) is 4.79 Å². The van der Waals surface area contributed by atoms with Gasteiger partial charge in [0.25, 0.3) is 0 Å². The first-order valence-electron chi connectivity index (χ1n) is 7.09. The van der Waals surface area contributed by atoms with Crippen molar-refractivity contribution in [3.05, 3.63) is 0 Å². The summed E-state index contributed by atoms with van der Waals surface area (Å²) in [6.45, 7) is 8.60. The maximum Gasteiger partial charge on any atom is 0.319 e. The Bertz CT molecular complexity index is 306. The Labute approximate surface area is 111 Å². The molecule has 1 saturated carbocycles. The summed E-state index contributed by atoms with van der Waals surface area (Å²) in [4.78, 5) is 18.1. The Morgan fingerprint density at radius 3 is 2.22 bits per heavy atom. The van der Waals surface area contributed by atoms with Crippen molar-refractivity contribution in [3.63, 3.8) is 0 Å². The third kappa shape index (κ3) is 2.97. The predicted molar refractivity (Wildman–Crippen MR) is 73.6 cm³/mol. The number of amides is 2. The standard InChI is InChI=1S/C14H27N3O/c1-14(2)6-5-12(11-14)16-7-9-17(10-8-16)13(18)15(3)4/h12H,5-11H2,1-4H3. The van der Waals surface area contributed by atoms with Gasteiger partial charge in [0.05, 0.1) is 0 Å². The SMILES string of the molecule is CN(C)C(=O)N1CCN(C2CCC(C)(C)C2)CC1. The first-order chi connectivity index (χ1) is 8.39. The molecule has 104 valence electrons. The molecule has 0 radical (unpaired) electrons. The molecule has 1 saturated heterocycles. The van der Waals surface area contributed by atoms with Gasteiger partial charge in [-0.1, -0.05) is 13.8 Å². The number of rotatable bonds is 1. The normalized spacial score (nSPS) is 28.4. The van der Waals surface area contributed by atoms with E-state index in [1.807, 2.05) is 19.0 Å². The molecular weight excluding hydrogens is 226 g/mol. The lowest BCUT2D eigenvalue weighted by Gasteiger charge is -2.39. The fourth-order valence-corrected chi connectivity index (χ4v) is 3.27. The highest BCUT2D eigenvalue weighted by atomic mass is 16.2. The van der Waals surface area contributed by atoms with Gasteiger partial charge in [0, 0.05) is 46.3 Å². The summed E-state index contributed by atoms with van der Waals surface area (Å²) in [7, 11) is 3.66. The van der Waals surface area contributed by atoms with E-state index in [1.54, 1.807) is 4.90 Å². The number of nitrogens with zero attached hydrogens (tertiary/aromatic N) is 3. The minimum absolute atomic E-state index is 0.154. The number of urea groups is 1. The van der Waals surface area contributed by atoms with Crippen LogP contribution < -0.4 is 0 Å². The largest absolute Gasteiger partial charge is 0.331 e. The Morgan fingerprint density at radius 1 is 1.17 bits per heavy atom. The second-order valence-electron chi connectivity index (χ2n) is 6.76. The lowest BCUT2D eigenvalue weighted by molar-refractivity contribution is 0.0954. The van der Waals surface area contributed by atoms with E-state index < -0.39 is 0 Å². The molecule has 1 unspecified atom stereocenters. The van der Waals surface area contributed by atoms with Gasteiger partial charge in [-0.05, 0) is 24.7 Å². The van der Waals surface area contributed by atoms with Crippen LogP contribution in [0.4, 0.5) is 4.79 Å². The van der Waals surface area contributed by atoms with Gasteiger partial charge in [0.15, 0.2) is 0 Å². The maximum atomic E-state index is 11.9. The Morgan fingerprint density at radius 2 is 1.78 bits per heavy atom. The highest BCUT2D eigenvalue weighted by molar-refractivity contribution is 5.73. The third-order valence-electron chi connectivity index (χ3n) is 4.43. The molecule has 0 aromatic heterocycles. The van der Waals surface area contributed by atoms with E-state index in [2.05, 4.69) is 18.7 Å². The van der Waals surface area contributed by atoms with Crippen LogP contribution in [0.5, 0.6) is 0 Å². The lowest BCUT2D eigenvalue weighted by Crippen LogP contribution is -2.53. The summed E-state index contributed by atoms with van der Waals surface area (Å²) in [5, 5.41) is 0. The quantitative estimate of drug-likeness (QED) is 0.713. The van der Waals surface area contributed by atoms with Gasteiger partial charge in [-0.3, -0.25) is 4.90 Å². The molecule has 0 aromatic rings. The van der Waals surface area contributed by atoms with Gasteiger partial charge in [0.1, 0.15) is 0 Å². The van der Waals surface area contributed by atoms with E-state index >= 15 is 0 Å². The minimum atomic E-state index is 0.154. The Kier molecular flexibility index (Phi) is 3.85. The van der Waals surface area contributed by atoms with Crippen molar-refractivity contribution in [2.75, 3.05) is 40.3 Å². The molecule has 4 heteroatoms. The zero-order valence-electron chi connectivity index (χ0n) is 12.3. The Balaban J connectivity index is 1.82. The van der Waals surface area contributed by atoms with Crippen LogP contribution >= 0.6 is 0 Å². The average Bonchev–Trinajstić information content (AvgIpc) is 2.69. The predicted octanol–water partition coefficient (Wildman–Crippen LogP) is 1.86.